The van der Waals surface area contributed by atoms with Crippen LogP contribution in [-0.2, 0) is 17.6 Å². The summed E-state index contributed by atoms with van der Waals surface area (Å²) in [5.41, 5.74) is 2.49. The molecule has 0 aromatic carbocycles. The second-order valence-electron chi connectivity index (χ2n) is 7.63. The van der Waals surface area contributed by atoms with Crippen LogP contribution in [-0.4, -0.2) is 54.0 Å². The van der Waals surface area contributed by atoms with Crippen LogP contribution in [0.5, 0.6) is 0 Å². The van der Waals surface area contributed by atoms with Crippen LogP contribution in [0.1, 0.15) is 43.4 Å². The maximum absolute atomic E-state index is 12.1. The summed E-state index contributed by atoms with van der Waals surface area (Å²) in [7, 11) is 3.97. The number of nitrogens with zero attached hydrogens (tertiary/aromatic N) is 4. The average molecular weight is 329 g/mol. The van der Waals surface area contributed by atoms with E-state index < -0.39 is 0 Å². The topological polar surface area (TPSA) is 61.4 Å². The third-order valence-corrected chi connectivity index (χ3v) is 5.36. The van der Waals surface area contributed by atoms with Crippen LogP contribution >= 0.6 is 0 Å². The van der Waals surface area contributed by atoms with Crippen molar-refractivity contribution in [3.8, 4) is 0 Å². The monoisotopic (exact) mass is 329 g/mol. The lowest BCUT2D eigenvalue weighted by molar-refractivity contribution is -0.128. The molecule has 6 nitrogen and oxygen atoms in total. The molecule has 24 heavy (non-hydrogen) atoms. The molecule has 1 atom stereocenters. The van der Waals surface area contributed by atoms with Crippen molar-refractivity contribution in [1.82, 2.24) is 14.9 Å². The summed E-state index contributed by atoms with van der Waals surface area (Å²) >= 11 is 0. The summed E-state index contributed by atoms with van der Waals surface area (Å²) in [4.78, 5) is 25.6. The number of nitrogens with one attached hydrogen (secondary N) is 1. The lowest BCUT2D eigenvalue weighted by Crippen LogP contribution is -2.28. The van der Waals surface area contributed by atoms with E-state index in [9.17, 15) is 4.79 Å². The molecule has 1 aromatic heterocycles. The third kappa shape index (κ3) is 3.06. The Hall–Kier alpha value is -1.85. The Bertz CT molecular complexity index is 641. The Labute approximate surface area is 143 Å². The SMILES string of the molecule is CN(C)c1nc2c(c(NCC3CC(=O)N(C4CC4)C3)n1)CCCC2. The molecule has 130 valence electrons. The van der Waals surface area contributed by atoms with Gasteiger partial charge in [-0.25, -0.2) is 4.98 Å². The lowest BCUT2D eigenvalue weighted by Gasteiger charge is -2.22. The number of aryl methyl sites for hydroxylation is 1. The highest BCUT2D eigenvalue weighted by Gasteiger charge is 2.39. The van der Waals surface area contributed by atoms with E-state index in [4.69, 9.17) is 9.97 Å². The first kappa shape index (κ1) is 15.7. The van der Waals surface area contributed by atoms with E-state index in [0.717, 1.165) is 37.7 Å². The fourth-order valence-electron chi connectivity index (χ4n) is 3.85. The standard InChI is InChI=1S/C18H27N5O/c1-22(2)18-20-15-6-4-3-5-14(15)17(21-18)19-10-12-9-16(24)23(11-12)13-7-8-13/h12-13H,3-11H2,1-2H3,(H,19,20,21). The Morgan fingerprint density at radius 2 is 2.00 bits per heavy atom. The Kier molecular flexibility index (Phi) is 4.06. The van der Waals surface area contributed by atoms with E-state index in [0.29, 0.717) is 24.3 Å². The zero-order valence-corrected chi connectivity index (χ0v) is 14.7. The van der Waals surface area contributed by atoms with Crippen LogP contribution < -0.4 is 10.2 Å². The van der Waals surface area contributed by atoms with Gasteiger partial charge in [-0.05, 0) is 38.5 Å². The van der Waals surface area contributed by atoms with Crippen molar-refractivity contribution in [3.63, 3.8) is 0 Å². The molecule has 2 aliphatic carbocycles. The molecule has 1 amide bonds. The Morgan fingerprint density at radius 1 is 1.21 bits per heavy atom. The molecule has 0 bridgehead atoms. The molecule has 1 saturated carbocycles. The van der Waals surface area contributed by atoms with Gasteiger partial charge in [-0.3, -0.25) is 4.79 Å². The van der Waals surface area contributed by atoms with Crippen molar-refractivity contribution in [2.75, 3.05) is 37.4 Å². The molecule has 1 aliphatic heterocycles. The first-order valence-electron chi connectivity index (χ1n) is 9.22. The van der Waals surface area contributed by atoms with E-state index in [1.807, 2.05) is 19.0 Å². The van der Waals surface area contributed by atoms with Gasteiger partial charge in [-0.2, -0.15) is 4.98 Å². The zero-order chi connectivity index (χ0) is 16.7. The number of carbonyl (C=O) groups excluding carboxylic acids is 1. The molecule has 2 heterocycles. The van der Waals surface area contributed by atoms with Crippen LogP contribution in [0, 0.1) is 5.92 Å². The number of rotatable bonds is 5. The number of aromatic nitrogens is 2. The molecular formula is C18H27N5O. The molecule has 1 unspecified atom stereocenters. The van der Waals surface area contributed by atoms with E-state index in [1.165, 1.54) is 36.9 Å². The molecule has 0 radical (unpaired) electrons. The summed E-state index contributed by atoms with van der Waals surface area (Å²) < 4.78 is 0. The largest absolute Gasteiger partial charge is 0.369 e. The normalized spacial score (nSPS) is 23.3. The third-order valence-electron chi connectivity index (χ3n) is 5.36. The van der Waals surface area contributed by atoms with Crippen molar-refractivity contribution in [2.45, 2.75) is 51.0 Å². The number of amides is 1. The van der Waals surface area contributed by atoms with Crippen molar-refractivity contribution < 1.29 is 4.79 Å². The lowest BCUT2D eigenvalue weighted by atomic mass is 9.96. The number of hydrogen-bond donors (Lipinski definition) is 1. The van der Waals surface area contributed by atoms with Gasteiger partial charge in [-0.15, -0.1) is 0 Å². The number of fused-ring (bicyclic) bond motifs is 1. The van der Waals surface area contributed by atoms with E-state index in [-0.39, 0.29) is 0 Å². The van der Waals surface area contributed by atoms with Crippen LogP contribution in [0.4, 0.5) is 11.8 Å². The fourth-order valence-corrected chi connectivity index (χ4v) is 3.85. The number of carbonyl (C=O) groups is 1. The van der Waals surface area contributed by atoms with Gasteiger partial charge in [0.1, 0.15) is 5.82 Å². The summed E-state index contributed by atoms with van der Waals surface area (Å²) in [6.45, 7) is 1.73. The molecule has 3 aliphatic rings. The number of hydrogen-bond acceptors (Lipinski definition) is 5. The minimum atomic E-state index is 0.336. The molecule has 1 saturated heterocycles. The summed E-state index contributed by atoms with van der Waals surface area (Å²) in [6.07, 6.45) is 7.59. The highest BCUT2D eigenvalue weighted by Crippen LogP contribution is 2.33. The molecule has 4 rings (SSSR count). The minimum absolute atomic E-state index is 0.336. The smallest absolute Gasteiger partial charge is 0.227 e. The van der Waals surface area contributed by atoms with Crippen molar-refractivity contribution in [1.29, 1.82) is 0 Å². The van der Waals surface area contributed by atoms with E-state index >= 15 is 0 Å². The predicted octanol–water partition coefficient (Wildman–Crippen LogP) is 1.84. The van der Waals surface area contributed by atoms with Crippen LogP contribution in [0.25, 0.3) is 0 Å². The van der Waals surface area contributed by atoms with Crippen LogP contribution in [0.2, 0.25) is 0 Å². The van der Waals surface area contributed by atoms with Crippen molar-refractivity contribution in [3.05, 3.63) is 11.3 Å². The van der Waals surface area contributed by atoms with Crippen molar-refractivity contribution in [2.24, 2.45) is 5.92 Å². The van der Waals surface area contributed by atoms with Gasteiger partial charge in [0.2, 0.25) is 11.9 Å². The molecule has 2 fully saturated rings. The zero-order valence-electron chi connectivity index (χ0n) is 14.7. The Balaban J connectivity index is 1.47. The highest BCUT2D eigenvalue weighted by atomic mass is 16.2. The summed E-state index contributed by atoms with van der Waals surface area (Å²) in [5.74, 6) is 2.50. The predicted molar refractivity (Wildman–Crippen MR) is 94.3 cm³/mol. The van der Waals surface area contributed by atoms with E-state index in [1.54, 1.807) is 0 Å². The first-order chi connectivity index (χ1) is 11.6. The van der Waals surface area contributed by atoms with Gasteiger partial charge in [-0.1, -0.05) is 0 Å². The molecule has 6 heteroatoms. The summed E-state index contributed by atoms with van der Waals surface area (Å²) in [6, 6.07) is 0.537. The minimum Gasteiger partial charge on any atom is -0.369 e. The van der Waals surface area contributed by atoms with Crippen LogP contribution in [0.3, 0.4) is 0 Å². The first-order valence-corrected chi connectivity index (χ1v) is 9.22. The van der Waals surface area contributed by atoms with Crippen LogP contribution in [0.15, 0.2) is 0 Å². The van der Waals surface area contributed by atoms with Crippen molar-refractivity contribution >= 4 is 17.7 Å². The molecule has 0 spiro atoms. The Morgan fingerprint density at radius 3 is 2.75 bits per heavy atom. The van der Waals surface area contributed by atoms with Gasteiger partial charge in [0.15, 0.2) is 0 Å². The van der Waals surface area contributed by atoms with Gasteiger partial charge in [0, 0.05) is 51.1 Å². The molecule has 1 aromatic rings. The number of anilines is 2. The summed E-state index contributed by atoms with van der Waals surface area (Å²) in [5, 5.41) is 3.55. The average Bonchev–Trinajstić information content (AvgIpc) is 3.35. The number of likely N-dealkylation sites (tertiary alicyclic amines) is 1. The maximum Gasteiger partial charge on any atom is 0.227 e. The van der Waals surface area contributed by atoms with E-state index in [2.05, 4.69) is 10.2 Å². The highest BCUT2D eigenvalue weighted by molar-refractivity contribution is 5.79. The molecule has 1 N–H and O–H groups in total. The van der Waals surface area contributed by atoms with Gasteiger partial charge in [0.05, 0.1) is 5.69 Å². The molecular weight excluding hydrogens is 302 g/mol. The quantitative estimate of drug-likeness (QED) is 0.893. The maximum atomic E-state index is 12.1. The fraction of sp³-hybridized carbons (Fsp3) is 0.722. The second-order valence-corrected chi connectivity index (χ2v) is 7.63. The van der Waals surface area contributed by atoms with Gasteiger partial charge < -0.3 is 15.1 Å². The van der Waals surface area contributed by atoms with Gasteiger partial charge in [0.25, 0.3) is 0 Å². The second kappa shape index (κ2) is 6.22. The van der Waals surface area contributed by atoms with Gasteiger partial charge >= 0.3 is 0 Å².